The summed E-state index contributed by atoms with van der Waals surface area (Å²) in [5.41, 5.74) is 1.77. The van der Waals surface area contributed by atoms with Gasteiger partial charge in [-0.1, -0.05) is 29.8 Å². The zero-order valence-corrected chi connectivity index (χ0v) is 17.7. The molecule has 1 aliphatic carbocycles. The Labute approximate surface area is 185 Å². The summed E-state index contributed by atoms with van der Waals surface area (Å²) in [5, 5.41) is 19.1. The highest BCUT2D eigenvalue weighted by Gasteiger charge is 2.32. The molecule has 1 aromatic heterocycles. The van der Waals surface area contributed by atoms with E-state index in [2.05, 4.69) is 10.2 Å². The quantitative estimate of drug-likeness (QED) is 0.621. The Kier molecular flexibility index (Phi) is 5.28. The SMILES string of the molecule is O=C(O)N1Cc2cc(Cl)ccc2-n2c(nnc2[C@H]2CC[C@H](Oc3ccccc3)CC2)C1. The number of carboxylic acid groups (broad SMARTS) is 1. The predicted octanol–water partition coefficient (Wildman–Crippen LogP) is 5.02. The van der Waals surface area contributed by atoms with Gasteiger partial charge in [-0.15, -0.1) is 10.2 Å². The fraction of sp³-hybridized carbons (Fsp3) is 0.348. The second-order valence-electron chi connectivity index (χ2n) is 8.13. The van der Waals surface area contributed by atoms with Crippen molar-refractivity contribution in [1.29, 1.82) is 0 Å². The number of carbonyl (C=O) groups is 1. The number of fused-ring (bicyclic) bond motifs is 3. The average Bonchev–Trinajstić information content (AvgIpc) is 3.10. The van der Waals surface area contributed by atoms with Gasteiger partial charge in [0.2, 0.25) is 0 Å². The second-order valence-corrected chi connectivity index (χ2v) is 8.56. The van der Waals surface area contributed by atoms with E-state index < -0.39 is 6.09 Å². The molecule has 2 aliphatic rings. The molecule has 7 nitrogen and oxygen atoms in total. The first kappa shape index (κ1) is 19.9. The molecular formula is C23H23ClN4O3. The van der Waals surface area contributed by atoms with E-state index in [0.29, 0.717) is 10.8 Å². The maximum absolute atomic E-state index is 11.7. The van der Waals surface area contributed by atoms with Crippen LogP contribution in [0.5, 0.6) is 5.75 Å². The van der Waals surface area contributed by atoms with Gasteiger partial charge in [-0.3, -0.25) is 9.47 Å². The highest BCUT2D eigenvalue weighted by Crippen LogP contribution is 2.37. The first-order chi connectivity index (χ1) is 15.1. The molecule has 1 amide bonds. The van der Waals surface area contributed by atoms with Crippen LogP contribution in [0.3, 0.4) is 0 Å². The number of rotatable bonds is 3. The van der Waals surface area contributed by atoms with Crippen LogP contribution >= 0.6 is 11.6 Å². The number of halogens is 1. The smallest absolute Gasteiger partial charge is 0.408 e. The maximum atomic E-state index is 11.7. The fourth-order valence-electron chi connectivity index (χ4n) is 4.56. The highest BCUT2D eigenvalue weighted by atomic mass is 35.5. The van der Waals surface area contributed by atoms with E-state index in [1.165, 1.54) is 4.90 Å². The van der Waals surface area contributed by atoms with Crippen LogP contribution in [0.15, 0.2) is 48.5 Å². The van der Waals surface area contributed by atoms with Crippen LogP contribution < -0.4 is 4.74 Å². The van der Waals surface area contributed by atoms with Crippen LogP contribution in [0, 0.1) is 0 Å². The summed E-state index contributed by atoms with van der Waals surface area (Å²) in [6.45, 7) is 0.465. The number of para-hydroxylation sites is 1. The molecule has 0 bridgehead atoms. The molecule has 1 aliphatic heterocycles. The molecule has 2 aromatic carbocycles. The van der Waals surface area contributed by atoms with Gasteiger partial charge in [-0.2, -0.15) is 0 Å². The van der Waals surface area contributed by atoms with Gasteiger partial charge in [-0.05, 0) is 61.6 Å². The fourth-order valence-corrected chi connectivity index (χ4v) is 4.75. The lowest BCUT2D eigenvalue weighted by Gasteiger charge is -2.29. The number of hydrogen-bond acceptors (Lipinski definition) is 4. The molecule has 0 saturated heterocycles. The zero-order valence-electron chi connectivity index (χ0n) is 16.9. The number of amides is 1. The molecule has 160 valence electrons. The molecule has 0 radical (unpaired) electrons. The van der Waals surface area contributed by atoms with Crippen LogP contribution in [0.4, 0.5) is 4.79 Å². The number of aromatic nitrogens is 3. The van der Waals surface area contributed by atoms with Crippen molar-refractivity contribution in [1.82, 2.24) is 19.7 Å². The lowest BCUT2D eigenvalue weighted by Crippen LogP contribution is -2.28. The number of hydrogen-bond donors (Lipinski definition) is 1. The Morgan fingerprint density at radius 1 is 1.03 bits per heavy atom. The van der Waals surface area contributed by atoms with E-state index in [1.807, 2.05) is 53.1 Å². The molecule has 2 heterocycles. The van der Waals surface area contributed by atoms with Gasteiger partial charge in [0.1, 0.15) is 11.6 Å². The predicted molar refractivity (Wildman–Crippen MR) is 116 cm³/mol. The normalized spacial score (nSPS) is 20.5. The number of ether oxygens (including phenoxy) is 1. The second kappa shape index (κ2) is 8.23. The summed E-state index contributed by atoms with van der Waals surface area (Å²) in [5.74, 6) is 2.68. The van der Waals surface area contributed by atoms with Crippen LogP contribution in [-0.2, 0) is 13.1 Å². The van der Waals surface area contributed by atoms with Crippen molar-refractivity contribution < 1.29 is 14.6 Å². The van der Waals surface area contributed by atoms with E-state index in [9.17, 15) is 9.90 Å². The van der Waals surface area contributed by atoms with Crippen molar-refractivity contribution in [3.8, 4) is 11.4 Å². The standard InChI is InChI=1S/C23H23ClN4O3/c24-17-8-11-20-16(12-17)13-27(23(29)30)14-21-25-26-22(28(20)21)15-6-9-19(10-7-15)31-18-4-2-1-3-5-18/h1-5,8,11-12,15,19H,6-7,9-10,13-14H2,(H,29,30)/t15-,19-. The molecule has 3 aromatic rings. The molecular weight excluding hydrogens is 416 g/mol. The van der Waals surface area contributed by atoms with Crippen LogP contribution in [0.25, 0.3) is 5.69 Å². The minimum Gasteiger partial charge on any atom is -0.490 e. The lowest BCUT2D eigenvalue weighted by molar-refractivity contribution is 0.138. The molecule has 31 heavy (non-hydrogen) atoms. The van der Waals surface area contributed by atoms with Gasteiger partial charge in [0, 0.05) is 10.9 Å². The van der Waals surface area contributed by atoms with Crippen LogP contribution in [-0.4, -0.2) is 37.0 Å². The Hall–Kier alpha value is -3.06. The third-order valence-electron chi connectivity index (χ3n) is 6.09. The first-order valence-electron chi connectivity index (χ1n) is 10.5. The lowest BCUT2D eigenvalue weighted by atomic mass is 9.86. The minimum atomic E-state index is -0.984. The minimum absolute atomic E-state index is 0.193. The van der Waals surface area contributed by atoms with Crippen molar-refractivity contribution in [3.05, 3.63) is 70.8 Å². The third kappa shape index (κ3) is 3.97. The monoisotopic (exact) mass is 438 g/mol. The van der Waals surface area contributed by atoms with Crippen molar-refractivity contribution in [3.63, 3.8) is 0 Å². The number of benzene rings is 2. The Balaban J connectivity index is 1.41. The molecule has 8 heteroatoms. The number of nitrogens with zero attached hydrogens (tertiary/aromatic N) is 4. The van der Waals surface area contributed by atoms with Gasteiger partial charge in [0.25, 0.3) is 0 Å². The molecule has 1 saturated carbocycles. The molecule has 0 spiro atoms. The molecule has 1 N–H and O–H groups in total. The van der Waals surface area contributed by atoms with E-state index in [-0.39, 0.29) is 25.1 Å². The van der Waals surface area contributed by atoms with Gasteiger partial charge >= 0.3 is 6.09 Å². The van der Waals surface area contributed by atoms with E-state index >= 15 is 0 Å². The topological polar surface area (TPSA) is 80.5 Å². The van der Waals surface area contributed by atoms with E-state index in [1.54, 1.807) is 0 Å². The zero-order chi connectivity index (χ0) is 21.4. The summed E-state index contributed by atoms with van der Waals surface area (Å²) >= 11 is 6.21. The van der Waals surface area contributed by atoms with Gasteiger partial charge in [0.05, 0.1) is 24.9 Å². The molecule has 0 atom stereocenters. The van der Waals surface area contributed by atoms with E-state index in [4.69, 9.17) is 16.3 Å². The molecule has 5 rings (SSSR count). The summed E-state index contributed by atoms with van der Waals surface area (Å²) in [6, 6.07) is 15.5. The summed E-state index contributed by atoms with van der Waals surface area (Å²) in [4.78, 5) is 13.1. The van der Waals surface area contributed by atoms with Gasteiger partial charge in [0.15, 0.2) is 5.82 Å². The van der Waals surface area contributed by atoms with E-state index in [0.717, 1.165) is 48.5 Å². The van der Waals surface area contributed by atoms with Crippen LogP contribution in [0.2, 0.25) is 5.02 Å². The third-order valence-corrected chi connectivity index (χ3v) is 6.32. The van der Waals surface area contributed by atoms with Crippen molar-refractivity contribution in [2.75, 3.05) is 0 Å². The average molecular weight is 439 g/mol. The summed E-state index contributed by atoms with van der Waals surface area (Å²) in [7, 11) is 0. The Bertz CT molecular complexity index is 1090. The van der Waals surface area contributed by atoms with Crippen molar-refractivity contribution in [2.45, 2.75) is 50.8 Å². The summed E-state index contributed by atoms with van der Waals surface area (Å²) < 4.78 is 8.17. The van der Waals surface area contributed by atoms with Crippen molar-refractivity contribution in [2.24, 2.45) is 0 Å². The Morgan fingerprint density at radius 3 is 2.55 bits per heavy atom. The summed E-state index contributed by atoms with van der Waals surface area (Å²) in [6.07, 6.45) is 2.98. The van der Waals surface area contributed by atoms with Gasteiger partial charge < -0.3 is 9.84 Å². The molecule has 1 fully saturated rings. The van der Waals surface area contributed by atoms with Crippen molar-refractivity contribution >= 4 is 17.7 Å². The van der Waals surface area contributed by atoms with Gasteiger partial charge in [-0.25, -0.2) is 4.79 Å². The molecule has 0 unspecified atom stereocenters. The maximum Gasteiger partial charge on any atom is 0.408 e. The largest absolute Gasteiger partial charge is 0.490 e. The van der Waals surface area contributed by atoms with Crippen LogP contribution in [0.1, 0.15) is 48.8 Å². The highest BCUT2D eigenvalue weighted by molar-refractivity contribution is 6.30. The Morgan fingerprint density at radius 2 is 1.81 bits per heavy atom. The first-order valence-corrected chi connectivity index (χ1v) is 10.9.